The van der Waals surface area contributed by atoms with Crippen LogP contribution in [0, 0.1) is 5.41 Å². The molecule has 0 radical (unpaired) electrons. The fourth-order valence-corrected chi connectivity index (χ4v) is 5.02. The number of nitrogens with one attached hydrogen (secondary N) is 1. The summed E-state index contributed by atoms with van der Waals surface area (Å²) in [6.07, 6.45) is 4.23. The van der Waals surface area contributed by atoms with E-state index in [1.807, 2.05) is 25.8 Å². The quantitative estimate of drug-likeness (QED) is 0.163. The predicted octanol–water partition coefficient (Wildman–Crippen LogP) is 2.72. The Bertz CT molecular complexity index is 1150. The van der Waals surface area contributed by atoms with E-state index in [0.717, 1.165) is 4.90 Å². The number of nitrogens with zero attached hydrogens (tertiary/aromatic N) is 3. The molecule has 0 saturated heterocycles. The van der Waals surface area contributed by atoms with E-state index in [0.29, 0.717) is 74.2 Å². The molecule has 0 spiro atoms. The molecule has 0 bridgehead atoms. The van der Waals surface area contributed by atoms with Crippen molar-refractivity contribution in [1.29, 1.82) is 0 Å². The second-order valence-corrected chi connectivity index (χ2v) is 11.4. The maximum Gasteiger partial charge on any atom is 0.407 e. The Morgan fingerprint density at radius 3 is 2.07 bits per heavy atom. The van der Waals surface area contributed by atoms with Crippen LogP contribution in [0.2, 0.25) is 0 Å². The van der Waals surface area contributed by atoms with E-state index in [1.165, 1.54) is 17.1 Å². The average molecular weight is 573 g/mol. The van der Waals surface area contributed by atoms with Crippen LogP contribution in [0.1, 0.15) is 66.7 Å². The minimum Gasteiger partial charge on any atom is -0.465 e. The summed E-state index contributed by atoms with van der Waals surface area (Å²) < 4.78 is 0. The van der Waals surface area contributed by atoms with Gasteiger partial charge in [0.1, 0.15) is 0 Å². The molecule has 11 heteroatoms. The number of carbonyl (C=O) groups is 6. The van der Waals surface area contributed by atoms with Crippen molar-refractivity contribution in [2.75, 3.05) is 46.3 Å². The lowest BCUT2D eigenvalue weighted by Crippen LogP contribution is -2.39. The van der Waals surface area contributed by atoms with Crippen LogP contribution in [-0.2, 0) is 24.0 Å². The zero-order chi connectivity index (χ0) is 30.9. The number of hydrogen-bond acceptors (Lipinski definition) is 7. The van der Waals surface area contributed by atoms with E-state index in [4.69, 9.17) is 0 Å². The maximum atomic E-state index is 13.0. The smallest absolute Gasteiger partial charge is 0.407 e. The minimum atomic E-state index is -0.998. The fraction of sp³-hybridized carbons (Fsp3) is 0.600. The van der Waals surface area contributed by atoms with E-state index in [1.54, 1.807) is 20.8 Å². The van der Waals surface area contributed by atoms with Gasteiger partial charge in [-0.15, -0.1) is 0 Å². The molecule has 11 nitrogen and oxygen atoms in total. The third kappa shape index (κ3) is 9.21. The first kappa shape index (κ1) is 33.6. The van der Waals surface area contributed by atoms with Gasteiger partial charge in [0.2, 0.25) is 5.91 Å². The van der Waals surface area contributed by atoms with Gasteiger partial charge in [-0.3, -0.25) is 28.9 Å². The molecule has 1 heterocycles. The maximum absolute atomic E-state index is 13.0. The van der Waals surface area contributed by atoms with Crippen LogP contribution in [0.4, 0.5) is 4.79 Å². The van der Waals surface area contributed by atoms with Gasteiger partial charge in [-0.2, -0.15) is 0 Å². The molecule has 0 saturated carbocycles. The lowest BCUT2D eigenvalue weighted by atomic mass is 9.71. The Morgan fingerprint density at radius 2 is 1.46 bits per heavy atom. The van der Waals surface area contributed by atoms with Crippen molar-refractivity contribution in [2.45, 2.75) is 66.7 Å². The lowest BCUT2D eigenvalue weighted by Gasteiger charge is -2.33. The molecule has 2 aliphatic rings. The van der Waals surface area contributed by atoms with Crippen molar-refractivity contribution in [1.82, 2.24) is 20.0 Å². The number of unbranched alkanes of at least 4 members (excludes halogenated alkanes) is 2. The van der Waals surface area contributed by atoms with Gasteiger partial charge in [-0.25, -0.2) is 4.79 Å². The summed E-state index contributed by atoms with van der Waals surface area (Å²) >= 11 is 0. The summed E-state index contributed by atoms with van der Waals surface area (Å²) in [5.41, 5.74) is 1.57. The van der Waals surface area contributed by atoms with Crippen LogP contribution in [0.5, 0.6) is 0 Å². The summed E-state index contributed by atoms with van der Waals surface area (Å²) in [6.45, 7) is 11.2. The van der Waals surface area contributed by atoms with E-state index in [2.05, 4.69) is 5.32 Å². The second kappa shape index (κ2) is 14.9. The van der Waals surface area contributed by atoms with Crippen molar-refractivity contribution in [3.8, 4) is 0 Å². The van der Waals surface area contributed by atoms with Gasteiger partial charge < -0.3 is 20.2 Å². The molecule has 2 N–H and O–H groups in total. The Balaban J connectivity index is 1.69. The zero-order valence-electron chi connectivity index (χ0n) is 25.2. The van der Waals surface area contributed by atoms with Gasteiger partial charge in [0, 0.05) is 73.6 Å². The number of amides is 4. The highest BCUT2D eigenvalue weighted by Gasteiger charge is 2.37. The third-order valence-corrected chi connectivity index (χ3v) is 7.89. The molecule has 0 aromatic heterocycles. The van der Waals surface area contributed by atoms with Crippen molar-refractivity contribution < 1.29 is 33.9 Å². The molecule has 0 aromatic rings. The minimum absolute atomic E-state index is 0.0746. The number of allylic oxidation sites excluding steroid dienone is 4. The molecule has 0 aromatic carbocycles. The molecule has 2 rings (SSSR count). The average Bonchev–Trinajstić information content (AvgIpc) is 3.23. The van der Waals surface area contributed by atoms with Crippen LogP contribution in [0.3, 0.4) is 0 Å². The number of carboxylic acid groups (broad SMARTS) is 1. The van der Waals surface area contributed by atoms with Gasteiger partial charge >= 0.3 is 6.09 Å². The van der Waals surface area contributed by atoms with Gasteiger partial charge in [-0.05, 0) is 59.0 Å². The summed E-state index contributed by atoms with van der Waals surface area (Å²) in [5, 5.41) is 12.3. The van der Waals surface area contributed by atoms with E-state index < -0.39 is 11.5 Å². The SMILES string of the molecule is CC1=C(C)C(=O)C(C(C)(C)CCN(C)CCN(CCCCCC(=O)NCCN2C(=O)C=CC2=O)C(=O)O)=C(C)C1=O. The molecular weight excluding hydrogens is 528 g/mol. The Hall–Kier alpha value is -3.60. The van der Waals surface area contributed by atoms with Crippen LogP contribution in [0.15, 0.2) is 34.4 Å². The first-order chi connectivity index (χ1) is 19.2. The first-order valence-electron chi connectivity index (χ1n) is 14.1. The Kier molecular flexibility index (Phi) is 12.2. The number of ketones is 2. The molecule has 0 unspecified atom stereocenters. The highest BCUT2D eigenvalue weighted by atomic mass is 16.4. The lowest BCUT2D eigenvalue weighted by molar-refractivity contribution is -0.137. The van der Waals surface area contributed by atoms with Crippen LogP contribution >= 0.6 is 0 Å². The molecular formula is C30H44N4O7. The monoisotopic (exact) mass is 572 g/mol. The summed E-state index contributed by atoms with van der Waals surface area (Å²) in [5.74, 6) is -1.10. The topological polar surface area (TPSA) is 144 Å². The summed E-state index contributed by atoms with van der Waals surface area (Å²) in [6, 6.07) is 0. The zero-order valence-corrected chi connectivity index (χ0v) is 25.2. The standard InChI is InChI=1S/C30H44N4O7/c1-20-21(2)28(39)26(22(3)27(20)38)30(4,5)13-16-32(6)18-19-33(29(40)41)15-9-7-8-10-23(35)31-14-17-34-24(36)11-12-25(34)37/h11-12H,7-10,13-19H2,1-6H3,(H,31,35)(H,40,41). The molecule has 1 aliphatic heterocycles. The van der Waals surface area contributed by atoms with E-state index >= 15 is 0 Å². The van der Waals surface area contributed by atoms with Crippen molar-refractivity contribution in [2.24, 2.45) is 5.41 Å². The molecule has 41 heavy (non-hydrogen) atoms. The summed E-state index contributed by atoms with van der Waals surface area (Å²) in [7, 11) is 1.91. The Morgan fingerprint density at radius 1 is 0.854 bits per heavy atom. The van der Waals surface area contributed by atoms with Gasteiger partial charge in [0.15, 0.2) is 11.6 Å². The first-order valence-corrected chi connectivity index (χ1v) is 14.1. The molecule has 0 fully saturated rings. The molecule has 226 valence electrons. The van der Waals surface area contributed by atoms with Gasteiger partial charge in [-0.1, -0.05) is 20.3 Å². The second-order valence-electron chi connectivity index (χ2n) is 11.4. The van der Waals surface area contributed by atoms with E-state index in [9.17, 15) is 33.9 Å². The number of hydrogen-bond donors (Lipinski definition) is 2. The van der Waals surface area contributed by atoms with Crippen LogP contribution < -0.4 is 5.32 Å². The van der Waals surface area contributed by atoms with Gasteiger partial charge in [0.05, 0.1) is 0 Å². The van der Waals surface area contributed by atoms with Crippen molar-refractivity contribution in [3.05, 3.63) is 34.4 Å². The van der Waals surface area contributed by atoms with Crippen molar-refractivity contribution in [3.63, 3.8) is 0 Å². The highest BCUT2D eigenvalue weighted by molar-refractivity contribution is 6.25. The number of imide groups is 1. The van der Waals surface area contributed by atoms with Gasteiger partial charge in [0.25, 0.3) is 11.8 Å². The molecule has 4 amide bonds. The fourth-order valence-electron chi connectivity index (χ4n) is 5.02. The number of likely N-dealkylation sites (N-methyl/N-ethyl adjacent to an activating group) is 1. The molecule has 0 atom stereocenters. The molecule has 1 aliphatic carbocycles. The van der Waals surface area contributed by atoms with Crippen molar-refractivity contribution >= 4 is 35.4 Å². The Labute approximate surface area is 242 Å². The third-order valence-electron chi connectivity index (χ3n) is 7.89. The largest absolute Gasteiger partial charge is 0.465 e. The predicted molar refractivity (Wildman–Crippen MR) is 154 cm³/mol. The number of Topliss-reactive ketones (excluding diaryl/α,β-unsaturated/α-hetero) is 2. The van der Waals surface area contributed by atoms with Crippen LogP contribution in [-0.4, -0.2) is 102 Å². The normalized spacial score (nSPS) is 16.0. The number of carbonyl (C=O) groups excluding carboxylic acids is 5. The van der Waals surface area contributed by atoms with E-state index in [-0.39, 0.29) is 48.8 Å². The summed E-state index contributed by atoms with van der Waals surface area (Å²) in [4.78, 5) is 76.8. The van der Waals surface area contributed by atoms with Crippen LogP contribution in [0.25, 0.3) is 0 Å². The highest BCUT2D eigenvalue weighted by Crippen LogP contribution is 2.38. The number of rotatable bonds is 16.